The van der Waals surface area contributed by atoms with Crippen LogP contribution in [0.25, 0.3) is 16.6 Å². The molecule has 0 bridgehead atoms. The summed E-state index contributed by atoms with van der Waals surface area (Å²) in [7, 11) is 0. The Kier molecular flexibility index (Phi) is 7.91. The number of Topliss-reactive ketones (excluding diaryl/α,β-unsaturated/α-hetero) is 1. The molecule has 2 amide bonds. The Balaban J connectivity index is 1.13. The summed E-state index contributed by atoms with van der Waals surface area (Å²) in [5, 5.41) is 5.23. The minimum absolute atomic E-state index is 0.00260. The molecule has 0 spiro atoms. The number of imide groups is 1. The van der Waals surface area contributed by atoms with Crippen molar-refractivity contribution in [2.75, 3.05) is 24.5 Å². The monoisotopic (exact) mass is 552 g/mol. The predicted octanol–water partition coefficient (Wildman–Crippen LogP) is 4.27. The summed E-state index contributed by atoms with van der Waals surface area (Å²) in [6, 6.07) is 7.05. The summed E-state index contributed by atoms with van der Waals surface area (Å²) < 4.78 is 14.4. The van der Waals surface area contributed by atoms with Gasteiger partial charge < -0.3 is 10.2 Å². The molecule has 9 nitrogen and oxygen atoms in total. The zero-order valence-electron chi connectivity index (χ0n) is 20.6. The van der Waals surface area contributed by atoms with Crippen molar-refractivity contribution in [2.24, 2.45) is 5.92 Å². The summed E-state index contributed by atoms with van der Waals surface area (Å²) >= 11 is 2.22. The fraction of sp³-hybridized carbons (Fsp3) is 0.308. The van der Waals surface area contributed by atoms with Gasteiger partial charge in [-0.3, -0.25) is 24.7 Å². The molecule has 5 heterocycles. The molecule has 2 aliphatic rings. The molecule has 3 aromatic heterocycles. The minimum atomic E-state index is -0.412. The van der Waals surface area contributed by atoms with Crippen LogP contribution in [0, 0.1) is 11.7 Å². The average molecular weight is 553 g/mol. The van der Waals surface area contributed by atoms with Crippen LogP contribution in [0.5, 0.6) is 0 Å². The maximum absolute atomic E-state index is 14.4. The van der Waals surface area contributed by atoms with Crippen molar-refractivity contribution in [1.29, 1.82) is 0 Å². The second-order valence-electron chi connectivity index (χ2n) is 9.08. The molecule has 196 valence electrons. The Morgan fingerprint density at radius 1 is 1.24 bits per heavy atom. The molecule has 0 aliphatic carbocycles. The van der Waals surface area contributed by atoms with Crippen LogP contribution in [-0.4, -0.2) is 51.5 Å². The molecule has 2 fully saturated rings. The Morgan fingerprint density at radius 3 is 2.76 bits per heavy atom. The highest BCUT2D eigenvalue weighted by atomic mass is 32.2. The Bertz CT molecular complexity index is 1420. The number of amides is 2. The van der Waals surface area contributed by atoms with Gasteiger partial charge in [0.2, 0.25) is 5.95 Å². The van der Waals surface area contributed by atoms with Crippen molar-refractivity contribution in [2.45, 2.75) is 26.3 Å². The van der Waals surface area contributed by atoms with E-state index in [-0.39, 0.29) is 16.8 Å². The number of pyridine rings is 1. The van der Waals surface area contributed by atoms with Crippen LogP contribution in [-0.2, 0) is 11.3 Å². The third kappa shape index (κ3) is 6.14. The Labute approximate surface area is 227 Å². The molecule has 2 aliphatic heterocycles. The van der Waals surface area contributed by atoms with Gasteiger partial charge in [0.05, 0.1) is 32.2 Å². The first-order chi connectivity index (χ1) is 18.4. The summed E-state index contributed by atoms with van der Waals surface area (Å²) in [6.45, 7) is 4.23. The molecule has 0 aromatic carbocycles. The van der Waals surface area contributed by atoms with E-state index in [0.29, 0.717) is 45.1 Å². The minimum Gasteiger partial charge on any atom is -0.341 e. The fourth-order valence-corrected chi connectivity index (χ4v) is 5.85. The van der Waals surface area contributed by atoms with Gasteiger partial charge in [0, 0.05) is 31.4 Å². The molecular weight excluding hydrogens is 527 g/mol. The highest BCUT2D eigenvalue weighted by Crippen LogP contribution is 2.29. The second kappa shape index (κ2) is 11.5. The van der Waals surface area contributed by atoms with E-state index < -0.39 is 5.91 Å². The highest BCUT2D eigenvalue weighted by molar-refractivity contribution is 8.18. The van der Waals surface area contributed by atoms with Crippen LogP contribution < -0.4 is 15.5 Å². The number of hydrogen-bond acceptors (Lipinski definition) is 10. The zero-order valence-corrected chi connectivity index (χ0v) is 22.2. The third-order valence-corrected chi connectivity index (χ3v) is 8.39. The summed E-state index contributed by atoms with van der Waals surface area (Å²) in [5.74, 6) is 0.256. The lowest BCUT2D eigenvalue weighted by atomic mass is 9.97. The van der Waals surface area contributed by atoms with Crippen molar-refractivity contribution in [3.05, 3.63) is 63.5 Å². The average Bonchev–Trinajstić information content (AvgIpc) is 3.52. The van der Waals surface area contributed by atoms with Gasteiger partial charge in [-0.15, -0.1) is 11.3 Å². The number of ketones is 1. The van der Waals surface area contributed by atoms with Crippen LogP contribution in [0.15, 0.2) is 41.6 Å². The summed E-state index contributed by atoms with van der Waals surface area (Å²) in [4.78, 5) is 51.8. The number of nitrogens with one attached hydrogen (secondary N) is 2. The zero-order chi connectivity index (χ0) is 26.6. The van der Waals surface area contributed by atoms with Gasteiger partial charge in [-0.25, -0.2) is 14.4 Å². The van der Waals surface area contributed by atoms with Gasteiger partial charge in [0.1, 0.15) is 5.82 Å². The van der Waals surface area contributed by atoms with Crippen molar-refractivity contribution in [1.82, 2.24) is 25.6 Å². The molecule has 2 N–H and O–H groups in total. The van der Waals surface area contributed by atoms with Crippen LogP contribution in [0.3, 0.4) is 0 Å². The number of nitrogens with zero attached hydrogens (tertiary/aromatic N) is 4. The van der Waals surface area contributed by atoms with E-state index in [2.05, 4.69) is 30.5 Å². The van der Waals surface area contributed by atoms with Crippen molar-refractivity contribution >= 4 is 52.1 Å². The van der Waals surface area contributed by atoms with Gasteiger partial charge in [-0.05, 0) is 74.3 Å². The van der Waals surface area contributed by atoms with Crippen molar-refractivity contribution in [3.8, 4) is 10.6 Å². The predicted molar refractivity (Wildman–Crippen MR) is 145 cm³/mol. The van der Waals surface area contributed by atoms with Gasteiger partial charge in [0.25, 0.3) is 11.1 Å². The second-order valence-corrected chi connectivity index (χ2v) is 11.2. The molecule has 0 atom stereocenters. The van der Waals surface area contributed by atoms with Crippen LogP contribution >= 0.6 is 23.1 Å². The standard InChI is InChI=1S/C26H25FN6O3S2/c1-15(34)21-2-3-22(37-21)20-10-17(19(27)14-30-20)13-28-12-16-5-8-33(9-6-16)25-29-7-4-18(31-25)11-23-24(35)32-26(36)38-23/h2-4,7,10-11,14,16,28H,5-6,8-9,12-13H2,1H3,(H,32,35,36)/b23-11+. The molecular formula is C26H25FN6O3S2. The first-order valence-electron chi connectivity index (χ1n) is 12.1. The SMILES string of the molecule is CC(=O)c1ccc(-c2cc(CNCC3CCN(c4nccc(/C=C5/SC(=O)NC5=O)n4)CC3)c(F)cn2)s1. The molecule has 0 saturated carbocycles. The van der Waals surface area contributed by atoms with Crippen molar-refractivity contribution in [3.63, 3.8) is 0 Å². The van der Waals surface area contributed by atoms with Gasteiger partial charge >= 0.3 is 0 Å². The van der Waals surface area contributed by atoms with E-state index >= 15 is 0 Å². The fourth-order valence-electron chi connectivity index (χ4n) is 4.31. The lowest BCUT2D eigenvalue weighted by Crippen LogP contribution is -2.38. The van der Waals surface area contributed by atoms with Gasteiger partial charge in [0.15, 0.2) is 5.78 Å². The van der Waals surface area contributed by atoms with E-state index in [0.717, 1.165) is 49.1 Å². The van der Waals surface area contributed by atoms with E-state index in [4.69, 9.17) is 0 Å². The third-order valence-electron chi connectivity index (χ3n) is 6.37. The maximum atomic E-state index is 14.4. The molecule has 38 heavy (non-hydrogen) atoms. The van der Waals surface area contributed by atoms with E-state index in [9.17, 15) is 18.8 Å². The Hall–Kier alpha value is -3.48. The molecule has 0 unspecified atom stereocenters. The molecule has 12 heteroatoms. The van der Waals surface area contributed by atoms with Gasteiger partial charge in [-0.1, -0.05) is 0 Å². The number of halogens is 1. The Morgan fingerprint density at radius 2 is 2.05 bits per heavy atom. The number of anilines is 1. The van der Waals surface area contributed by atoms with Crippen LogP contribution in [0.2, 0.25) is 0 Å². The number of aromatic nitrogens is 3. The number of hydrogen-bond donors (Lipinski definition) is 2. The number of carbonyl (C=O) groups excluding carboxylic acids is 3. The quantitative estimate of drug-likeness (QED) is 0.312. The van der Waals surface area contributed by atoms with Crippen LogP contribution in [0.1, 0.15) is 40.7 Å². The maximum Gasteiger partial charge on any atom is 0.290 e. The van der Waals surface area contributed by atoms with Crippen LogP contribution in [0.4, 0.5) is 15.1 Å². The molecule has 2 saturated heterocycles. The number of rotatable bonds is 8. The number of carbonyl (C=O) groups is 3. The first-order valence-corrected chi connectivity index (χ1v) is 13.8. The largest absolute Gasteiger partial charge is 0.341 e. The summed E-state index contributed by atoms with van der Waals surface area (Å²) in [5.41, 5.74) is 1.77. The molecule has 5 rings (SSSR count). The topological polar surface area (TPSA) is 117 Å². The summed E-state index contributed by atoms with van der Waals surface area (Å²) in [6.07, 6.45) is 6.34. The smallest absolute Gasteiger partial charge is 0.290 e. The van der Waals surface area contributed by atoms with Crippen molar-refractivity contribution < 1.29 is 18.8 Å². The van der Waals surface area contributed by atoms with E-state index in [1.165, 1.54) is 24.5 Å². The lowest BCUT2D eigenvalue weighted by molar-refractivity contribution is -0.115. The number of thiophene rings is 1. The van der Waals surface area contributed by atoms with E-state index in [1.54, 1.807) is 30.5 Å². The number of piperidine rings is 1. The van der Waals surface area contributed by atoms with Gasteiger partial charge in [-0.2, -0.15) is 0 Å². The normalized spacial score (nSPS) is 17.3. The number of thioether (sulfide) groups is 1. The lowest BCUT2D eigenvalue weighted by Gasteiger charge is -2.32. The molecule has 3 aromatic rings. The highest BCUT2D eigenvalue weighted by Gasteiger charge is 2.26. The first kappa shape index (κ1) is 26.1. The van der Waals surface area contributed by atoms with E-state index in [1.807, 2.05) is 6.07 Å². The molecule has 0 radical (unpaired) electrons.